The lowest BCUT2D eigenvalue weighted by atomic mass is 10.1. The summed E-state index contributed by atoms with van der Waals surface area (Å²) in [5.41, 5.74) is 1.92. The maximum atomic E-state index is 12.2. The highest BCUT2D eigenvalue weighted by atomic mass is 35.5. The van der Waals surface area contributed by atoms with E-state index in [1.165, 1.54) is 5.56 Å². The van der Waals surface area contributed by atoms with Crippen molar-refractivity contribution in [1.82, 2.24) is 0 Å². The zero-order valence-electron chi connectivity index (χ0n) is 12.1. The number of halogens is 1. The van der Waals surface area contributed by atoms with E-state index in [4.69, 9.17) is 16.3 Å². The molecule has 0 saturated carbocycles. The molecular formula is C18H19ClO2. The maximum Gasteiger partial charge on any atom is 0.191 e. The Morgan fingerprint density at radius 1 is 1.10 bits per heavy atom. The second-order valence-corrected chi connectivity index (χ2v) is 5.41. The molecule has 0 aliphatic heterocycles. The minimum atomic E-state index is -0.429. The molecule has 0 heterocycles. The van der Waals surface area contributed by atoms with Crippen LogP contribution in [0.2, 0.25) is 5.02 Å². The van der Waals surface area contributed by atoms with Crippen LogP contribution in [0.3, 0.4) is 0 Å². The molecule has 3 heteroatoms. The Morgan fingerprint density at radius 3 is 2.43 bits per heavy atom. The minimum Gasteiger partial charge on any atom is -0.370 e. The molecule has 0 saturated heterocycles. The molecule has 0 amide bonds. The Kier molecular flexibility index (Phi) is 5.97. The van der Waals surface area contributed by atoms with Gasteiger partial charge in [-0.2, -0.15) is 0 Å². The Bertz CT molecular complexity index is 564. The molecule has 1 unspecified atom stereocenters. The topological polar surface area (TPSA) is 26.3 Å². The van der Waals surface area contributed by atoms with Crippen molar-refractivity contribution in [2.45, 2.75) is 25.9 Å². The first-order valence-corrected chi connectivity index (χ1v) is 7.50. The second-order valence-electron chi connectivity index (χ2n) is 4.97. The summed E-state index contributed by atoms with van der Waals surface area (Å²) in [5, 5.41) is 0.628. The predicted octanol–water partition coefficient (Wildman–Crippen LogP) is 4.56. The van der Waals surface area contributed by atoms with Crippen LogP contribution in [0.1, 0.15) is 29.3 Å². The molecule has 2 nitrogen and oxygen atoms in total. The Morgan fingerprint density at radius 2 is 1.76 bits per heavy atom. The standard InChI is InChI=1S/C18H19ClO2/c1-14(18(20)16-9-11-17(19)12-10-16)21-13-5-8-15-6-3-2-4-7-15/h2-4,6-7,9-12,14H,5,8,13H2,1H3. The lowest BCUT2D eigenvalue weighted by molar-refractivity contribution is 0.0470. The largest absolute Gasteiger partial charge is 0.370 e. The van der Waals surface area contributed by atoms with Crippen molar-refractivity contribution in [2.75, 3.05) is 6.61 Å². The molecule has 0 radical (unpaired) electrons. The van der Waals surface area contributed by atoms with Crippen molar-refractivity contribution in [3.05, 3.63) is 70.7 Å². The summed E-state index contributed by atoms with van der Waals surface area (Å²) in [6.07, 6.45) is 1.44. The van der Waals surface area contributed by atoms with Gasteiger partial charge >= 0.3 is 0 Å². The molecule has 0 N–H and O–H groups in total. The fourth-order valence-corrected chi connectivity index (χ4v) is 2.23. The van der Waals surface area contributed by atoms with Gasteiger partial charge in [-0.1, -0.05) is 41.9 Å². The Hall–Kier alpha value is -1.64. The van der Waals surface area contributed by atoms with Gasteiger partial charge in [0.2, 0.25) is 0 Å². The number of Topliss-reactive ketones (excluding diaryl/α,β-unsaturated/α-hetero) is 1. The summed E-state index contributed by atoms with van der Waals surface area (Å²) in [7, 11) is 0. The van der Waals surface area contributed by atoms with Crippen LogP contribution in [0.25, 0.3) is 0 Å². The molecule has 2 aromatic carbocycles. The van der Waals surface area contributed by atoms with Gasteiger partial charge < -0.3 is 4.74 Å². The van der Waals surface area contributed by atoms with Crippen molar-refractivity contribution < 1.29 is 9.53 Å². The minimum absolute atomic E-state index is 0.00798. The van der Waals surface area contributed by atoms with Crippen LogP contribution < -0.4 is 0 Å². The third-order valence-corrected chi connectivity index (χ3v) is 3.57. The van der Waals surface area contributed by atoms with Crippen molar-refractivity contribution in [1.29, 1.82) is 0 Å². The zero-order valence-corrected chi connectivity index (χ0v) is 12.8. The van der Waals surface area contributed by atoms with Gasteiger partial charge in [0.05, 0.1) is 0 Å². The van der Waals surface area contributed by atoms with Crippen LogP contribution in [-0.2, 0) is 11.2 Å². The van der Waals surface area contributed by atoms with Crippen LogP contribution in [0.4, 0.5) is 0 Å². The number of hydrogen-bond donors (Lipinski definition) is 0. The molecule has 2 aromatic rings. The molecule has 0 spiro atoms. The van der Waals surface area contributed by atoms with Gasteiger partial charge in [-0.05, 0) is 49.6 Å². The molecule has 2 rings (SSSR count). The molecule has 0 fully saturated rings. The number of ether oxygens (including phenoxy) is 1. The second kappa shape index (κ2) is 7.96. The van der Waals surface area contributed by atoms with E-state index >= 15 is 0 Å². The van der Waals surface area contributed by atoms with Crippen molar-refractivity contribution in [3.8, 4) is 0 Å². The lowest BCUT2D eigenvalue weighted by Crippen LogP contribution is -2.21. The van der Waals surface area contributed by atoms with Crippen molar-refractivity contribution >= 4 is 17.4 Å². The molecule has 0 bridgehead atoms. The number of hydrogen-bond acceptors (Lipinski definition) is 2. The van der Waals surface area contributed by atoms with E-state index < -0.39 is 6.10 Å². The van der Waals surface area contributed by atoms with E-state index in [2.05, 4.69) is 12.1 Å². The third kappa shape index (κ3) is 5.00. The molecule has 0 aromatic heterocycles. The summed E-state index contributed by atoms with van der Waals surface area (Å²) in [4.78, 5) is 12.2. The third-order valence-electron chi connectivity index (χ3n) is 3.32. The average molecular weight is 303 g/mol. The van der Waals surface area contributed by atoms with Gasteiger partial charge in [0.25, 0.3) is 0 Å². The van der Waals surface area contributed by atoms with Crippen molar-refractivity contribution in [2.24, 2.45) is 0 Å². The highest BCUT2D eigenvalue weighted by Crippen LogP contribution is 2.12. The highest BCUT2D eigenvalue weighted by Gasteiger charge is 2.15. The molecule has 0 aliphatic carbocycles. The molecule has 21 heavy (non-hydrogen) atoms. The summed E-state index contributed by atoms with van der Waals surface area (Å²) in [5.74, 6) is -0.00798. The van der Waals surface area contributed by atoms with E-state index in [-0.39, 0.29) is 5.78 Å². The summed E-state index contributed by atoms with van der Waals surface area (Å²) in [6, 6.07) is 17.2. The van der Waals surface area contributed by atoms with Crippen LogP contribution in [-0.4, -0.2) is 18.5 Å². The van der Waals surface area contributed by atoms with Gasteiger partial charge in [-0.15, -0.1) is 0 Å². The predicted molar refractivity (Wildman–Crippen MR) is 86.0 cm³/mol. The first kappa shape index (κ1) is 15.7. The van der Waals surface area contributed by atoms with Crippen LogP contribution in [0, 0.1) is 0 Å². The first-order valence-electron chi connectivity index (χ1n) is 7.12. The van der Waals surface area contributed by atoms with Gasteiger partial charge in [-0.3, -0.25) is 4.79 Å². The lowest BCUT2D eigenvalue weighted by Gasteiger charge is -2.12. The molecule has 1 atom stereocenters. The molecular weight excluding hydrogens is 284 g/mol. The number of ketones is 1. The fraction of sp³-hybridized carbons (Fsp3) is 0.278. The van der Waals surface area contributed by atoms with Gasteiger partial charge in [0, 0.05) is 17.2 Å². The van der Waals surface area contributed by atoms with E-state index in [1.807, 2.05) is 18.2 Å². The Balaban J connectivity index is 1.75. The highest BCUT2D eigenvalue weighted by molar-refractivity contribution is 6.30. The fourth-order valence-electron chi connectivity index (χ4n) is 2.11. The smallest absolute Gasteiger partial charge is 0.191 e. The maximum absolute atomic E-state index is 12.2. The summed E-state index contributed by atoms with van der Waals surface area (Å²) < 4.78 is 5.63. The van der Waals surface area contributed by atoms with Gasteiger partial charge in [0.1, 0.15) is 6.10 Å². The summed E-state index contributed by atoms with van der Waals surface area (Å²) >= 11 is 5.81. The van der Waals surface area contributed by atoms with E-state index in [1.54, 1.807) is 31.2 Å². The normalized spacial score (nSPS) is 12.1. The quantitative estimate of drug-likeness (QED) is 0.553. The van der Waals surface area contributed by atoms with E-state index in [0.29, 0.717) is 17.2 Å². The first-order chi connectivity index (χ1) is 10.2. The van der Waals surface area contributed by atoms with Gasteiger partial charge in [-0.25, -0.2) is 0 Å². The average Bonchev–Trinajstić information content (AvgIpc) is 2.52. The number of aryl methyl sites for hydroxylation is 1. The van der Waals surface area contributed by atoms with Crippen molar-refractivity contribution in [3.63, 3.8) is 0 Å². The SMILES string of the molecule is CC(OCCCc1ccccc1)C(=O)c1ccc(Cl)cc1. The van der Waals surface area contributed by atoms with Crippen LogP contribution >= 0.6 is 11.6 Å². The van der Waals surface area contributed by atoms with Crippen LogP contribution in [0.15, 0.2) is 54.6 Å². The number of rotatable bonds is 7. The zero-order chi connectivity index (χ0) is 15.1. The molecule has 0 aliphatic rings. The molecule has 110 valence electrons. The van der Waals surface area contributed by atoms with Crippen LogP contribution in [0.5, 0.6) is 0 Å². The van der Waals surface area contributed by atoms with E-state index in [0.717, 1.165) is 12.8 Å². The number of benzene rings is 2. The van der Waals surface area contributed by atoms with Gasteiger partial charge in [0.15, 0.2) is 5.78 Å². The van der Waals surface area contributed by atoms with E-state index in [9.17, 15) is 4.79 Å². The number of carbonyl (C=O) groups is 1. The Labute approximate surface area is 130 Å². The summed E-state index contributed by atoms with van der Waals surface area (Å²) in [6.45, 7) is 2.37. The monoisotopic (exact) mass is 302 g/mol. The number of carbonyl (C=O) groups excluding carboxylic acids is 1.